The lowest BCUT2D eigenvalue weighted by atomic mass is 10.4. The number of sulfonamides is 1. The van der Waals surface area contributed by atoms with Crippen molar-refractivity contribution in [2.24, 2.45) is 0 Å². The van der Waals surface area contributed by atoms with Gasteiger partial charge < -0.3 is 5.11 Å². The van der Waals surface area contributed by atoms with E-state index in [1.165, 1.54) is 12.1 Å². The van der Waals surface area contributed by atoms with Crippen molar-refractivity contribution in [2.45, 2.75) is 4.90 Å². The largest absolute Gasteiger partial charge is 0.395 e. The van der Waals surface area contributed by atoms with Crippen molar-refractivity contribution in [3.8, 4) is 0 Å². The molecule has 1 aromatic carbocycles. The molecule has 1 N–H and O–H groups in total. The Hall–Kier alpha value is -0.620. The van der Waals surface area contributed by atoms with E-state index in [1.807, 2.05) is 0 Å². The maximum absolute atomic E-state index is 11.9. The summed E-state index contributed by atoms with van der Waals surface area (Å²) in [5, 5.41) is 8.71. The van der Waals surface area contributed by atoms with Crippen molar-refractivity contribution in [1.29, 1.82) is 0 Å². The topological polar surface area (TPSA) is 57.6 Å². The first-order valence-corrected chi connectivity index (χ1v) is 6.32. The number of nitrogens with zero attached hydrogens (tertiary/aromatic N) is 1. The van der Waals surface area contributed by atoms with E-state index < -0.39 is 10.0 Å². The van der Waals surface area contributed by atoms with Crippen molar-refractivity contribution in [2.75, 3.05) is 19.2 Å². The van der Waals surface area contributed by atoms with Crippen LogP contribution < -0.4 is 0 Å². The van der Waals surface area contributed by atoms with E-state index in [2.05, 4.69) is 0 Å². The fourth-order valence-electron chi connectivity index (χ4n) is 1.10. The lowest BCUT2D eigenvalue weighted by molar-refractivity contribution is 0.263. The molecule has 0 bridgehead atoms. The molecule has 0 spiro atoms. The Labute approximate surface area is 94.1 Å². The van der Waals surface area contributed by atoms with Gasteiger partial charge in [0.05, 0.1) is 17.5 Å². The highest BCUT2D eigenvalue weighted by molar-refractivity contribution is 7.89. The molecule has 6 heteroatoms. The van der Waals surface area contributed by atoms with Gasteiger partial charge in [-0.1, -0.05) is 18.2 Å². The highest BCUT2D eigenvalue weighted by Crippen LogP contribution is 2.14. The maximum Gasteiger partial charge on any atom is 0.244 e. The summed E-state index contributed by atoms with van der Waals surface area (Å²) in [6.45, 7) is -0.250. The Morgan fingerprint density at radius 1 is 1.27 bits per heavy atom. The lowest BCUT2D eigenvalue weighted by Crippen LogP contribution is -2.32. The zero-order chi connectivity index (χ0) is 11.3. The molecule has 0 saturated carbocycles. The van der Waals surface area contributed by atoms with Gasteiger partial charge in [-0.15, -0.1) is 11.6 Å². The Balaban J connectivity index is 3.01. The Morgan fingerprint density at radius 2 is 1.87 bits per heavy atom. The molecule has 0 aliphatic heterocycles. The molecule has 0 amide bonds. The number of rotatable bonds is 5. The second-order valence-electron chi connectivity index (χ2n) is 2.84. The van der Waals surface area contributed by atoms with Gasteiger partial charge in [-0.05, 0) is 12.1 Å². The van der Waals surface area contributed by atoms with Crippen LogP contribution in [0.5, 0.6) is 0 Å². The van der Waals surface area contributed by atoms with Gasteiger partial charge in [-0.25, -0.2) is 8.42 Å². The quantitative estimate of drug-likeness (QED) is 0.622. The smallest absolute Gasteiger partial charge is 0.244 e. The Kier molecular flexibility index (Phi) is 4.53. The molecule has 0 atom stereocenters. The fourth-order valence-corrected chi connectivity index (χ4v) is 2.85. The van der Waals surface area contributed by atoms with Gasteiger partial charge in [0.2, 0.25) is 10.0 Å². The molecule has 0 saturated heterocycles. The van der Waals surface area contributed by atoms with Crippen molar-refractivity contribution in [1.82, 2.24) is 4.31 Å². The average molecular weight is 250 g/mol. The fraction of sp³-hybridized carbons (Fsp3) is 0.333. The van der Waals surface area contributed by atoms with Gasteiger partial charge in [-0.2, -0.15) is 4.31 Å². The lowest BCUT2D eigenvalue weighted by Gasteiger charge is -2.17. The van der Waals surface area contributed by atoms with Crippen LogP contribution in [0, 0.1) is 0 Å². The van der Waals surface area contributed by atoms with Gasteiger partial charge in [0.1, 0.15) is 0 Å². The number of halogens is 1. The standard InChI is InChI=1S/C9H12ClNO3S/c10-8-11(6-7-12)15(13,14)9-4-2-1-3-5-9/h1-5,12H,6-8H2. The molecule has 0 unspecified atom stereocenters. The molecule has 0 aromatic heterocycles. The van der Waals surface area contributed by atoms with Crippen LogP contribution in [0.25, 0.3) is 0 Å². The molecule has 1 aromatic rings. The number of alkyl halides is 1. The predicted molar refractivity (Wildman–Crippen MR) is 58.1 cm³/mol. The first-order chi connectivity index (χ1) is 7.12. The van der Waals surface area contributed by atoms with Crippen LogP contribution in [-0.4, -0.2) is 37.0 Å². The summed E-state index contributed by atoms with van der Waals surface area (Å²) in [4.78, 5) is 0.180. The summed E-state index contributed by atoms with van der Waals surface area (Å²) >= 11 is 5.52. The monoisotopic (exact) mass is 249 g/mol. The van der Waals surface area contributed by atoms with E-state index in [9.17, 15) is 8.42 Å². The molecule has 0 aliphatic carbocycles. The van der Waals surface area contributed by atoms with Crippen LogP contribution in [0.3, 0.4) is 0 Å². The third-order valence-corrected chi connectivity index (χ3v) is 4.15. The SMILES string of the molecule is O=S(=O)(c1ccccc1)N(CCl)CCO. The number of aliphatic hydroxyl groups is 1. The second kappa shape index (κ2) is 5.46. The molecular weight excluding hydrogens is 238 g/mol. The van der Waals surface area contributed by atoms with E-state index in [4.69, 9.17) is 16.7 Å². The molecule has 0 aliphatic rings. The van der Waals surface area contributed by atoms with Crippen LogP contribution in [0.15, 0.2) is 35.2 Å². The van der Waals surface area contributed by atoms with Crippen molar-refractivity contribution < 1.29 is 13.5 Å². The number of hydrogen-bond acceptors (Lipinski definition) is 3. The molecule has 4 nitrogen and oxygen atoms in total. The van der Waals surface area contributed by atoms with Crippen LogP contribution in [-0.2, 0) is 10.0 Å². The normalized spacial score (nSPS) is 11.9. The Bertz CT molecular complexity index is 393. The van der Waals surface area contributed by atoms with Crippen molar-refractivity contribution >= 4 is 21.6 Å². The van der Waals surface area contributed by atoms with Crippen LogP contribution >= 0.6 is 11.6 Å². The zero-order valence-electron chi connectivity index (χ0n) is 8.01. The van der Waals surface area contributed by atoms with Crippen LogP contribution in [0.1, 0.15) is 0 Å². The van der Waals surface area contributed by atoms with Crippen molar-refractivity contribution in [3.63, 3.8) is 0 Å². The van der Waals surface area contributed by atoms with Gasteiger partial charge in [0, 0.05) is 6.54 Å². The highest BCUT2D eigenvalue weighted by atomic mass is 35.5. The molecule has 0 radical (unpaired) electrons. The first-order valence-electron chi connectivity index (χ1n) is 4.35. The maximum atomic E-state index is 11.9. The highest BCUT2D eigenvalue weighted by Gasteiger charge is 2.22. The van der Waals surface area contributed by atoms with Gasteiger partial charge in [0.25, 0.3) is 0 Å². The summed E-state index contributed by atoms with van der Waals surface area (Å²) in [5.74, 6) is 0. The average Bonchev–Trinajstić information content (AvgIpc) is 2.27. The summed E-state index contributed by atoms with van der Waals surface area (Å²) in [6.07, 6.45) is 0. The first kappa shape index (κ1) is 12.4. The minimum absolute atomic E-state index is 0.000722. The Morgan fingerprint density at radius 3 is 2.33 bits per heavy atom. The van der Waals surface area contributed by atoms with Gasteiger partial charge in [0.15, 0.2) is 0 Å². The van der Waals surface area contributed by atoms with E-state index >= 15 is 0 Å². The molecule has 0 heterocycles. The van der Waals surface area contributed by atoms with Gasteiger partial charge in [-0.3, -0.25) is 0 Å². The second-order valence-corrected chi connectivity index (χ2v) is 5.01. The molecule has 0 fully saturated rings. The predicted octanol–water partition coefficient (Wildman–Crippen LogP) is 0.866. The van der Waals surface area contributed by atoms with E-state index in [1.54, 1.807) is 18.2 Å². The summed E-state index contributed by atoms with van der Waals surface area (Å²) in [5.41, 5.74) is 0. The summed E-state index contributed by atoms with van der Waals surface area (Å²) in [7, 11) is -3.57. The number of hydrogen-bond donors (Lipinski definition) is 1. The molecule has 1 rings (SSSR count). The molecular formula is C9H12ClNO3S. The minimum atomic E-state index is -3.57. The molecule has 84 valence electrons. The van der Waals surface area contributed by atoms with Crippen LogP contribution in [0.2, 0.25) is 0 Å². The zero-order valence-corrected chi connectivity index (χ0v) is 9.58. The summed E-state index contributed by atoms with van der Waals surface area (Å²) in [6, 6.07) is 7.82. The van der Waals surface area contributed by atoms with Gasteiger partial charge >= 0.3 is 0 Å². The number of benzene rings is 1. The number of aliphatic hydroxyl groups excluding tert-OH is 1. The van der Waals surface area contributed by atoms with E-state index in [-0.39, 0.29) is 24.1 Å². The molecule has 15 heavy (non-hydrogen) atoms. The van der Waals surface area contributed by atoms with Crippen LogP contribution in [0.4, 0.5) is 0 Å². The minimum Gasteiger partial charge on any atom is -0.395 e. The van der Waals surface area contributed by atoms with Crippen molar-refractivity contribution in [3.05, 3.63) is 30.3 Å². The third kappa shape index (κ3) is 2.92. The third-order valence-electron chi connectivity index (χ3n) is 1.86. The van der Waals surface area contributed by atoms with E-state index in [0.29, 0.717) is 0 Å². The summed E-state index contributed by atoms with van der Waals surface area (Å²) < 4.78 is 24.8. The van der Waals surface area contributed by atoms with E-state index in [0.717, 1.165) is 4.31 Å².